The lowest BCUT2D eigenvalue weighted by atomic mass is 10.0. The Hall–Kier alpha value is -3.27. The number of benzene rings is 3. The van der Waals surface area contributed by atoms with Crippen LogP contribution in [0.3, 0.4) is 0 Å². The second-order valence-corrected chi connectivity index (χ2v) is 7.88. The number of ether oxygens (including phenoxy) is 1. The van der Waals surface area contributed by atoms with E-state index in [1.165, 1.54) is 18.2 Å². The van der Waals surface area contributed by atoms with Crippen molar-refractivity contribution in [1.29, 1.82) is 5.26 Å². The molecule has 156 valence electrons. The van der Waals surface area contributed by atoms with Gasteiger partial charge in [0.05, 0.1) is 7.11 Å². The molecule has 5 nitrogen and oxygen atoms in total. The number of carbonyl (C=O) groups excluding carboxylic acids is 1. The summed E-state index contributed by atoms with van der Waals surface area (Å²) >= 11 is 10.1. The summed E-state index contributed by atoms with van der Waals surface area (Å²) in [5, 5.41) is 21.9. The van der Waals surface area contributed by atoms with Crippen LogP contribution in [0, 0.1) is 11.3 Å². The van der Waals surface area contributed by atoms with Crippen molar-refractivity contribution in [3.63, 3.8) is 0 Å². The van der Waals surface area contributed by atoms with Crippen LogP contribution < -0.4 is 10.1 Å². The van der Waals surface area contributed by atoms with Gasteiger partial charge in [-0.3, -0.25) is 4.79 Å². The fourth-order valence-corrected chi connectivity index (χ4v) is 3.67. The fraction of sp³-hybridized carbons (Fsp3) is 0.0833. The highest BCUT2D eigenvalue weighted by atomic mass is 79.9. The Morgan fingerprint density at radius 1 is 1.23 bits per heavy atom. The highest BCUT2D eigenvalue weighted by Crippen LogP contribution is 2.33. The van der Waals surface area contributed by atoms with Gasteiger partial charge in [-0.2, -0.15) is 5.26 Å². The van der Waals surface area contributed by atoms with Crippen LogP contribution in [-0.2, 0) is 11.2 Å². The van der Waals surface area contributed by atoms with Gasteiger partial charge in [-0.1, -0.05) is 45.7 Å². The maximum Gasteiger partial charge on any atom is 0.266 e. The van der Waals surface area contributed by atoms with Crippen molar-refractivity contribution < 1.29 is 14.6 Å². The van der Waals surface area contributed by atoms with Gasteiger partial charge in [0.2, 0.25) is 0 Å². The molecular weight excluding hydrogens is 480 g/mol. The van der Waals surface area contributed by atoms with Gasteiger partial charge >= 0.3 is 0 Å². The lowest BCUT2D eigenvalue weighted by Gasteiger charge is -2.13. The molecule has 0 radical (unpaired) electrons. The molecule has 0 aliphatic carbocycles. The maximum absolute atomic E-state index is 12.5. The predicted octanol–water partition coefficient (Wildman–Crippen LogP) is 5.95. The summed E-state index contributed by atoms with van der Waals surface area (Å²) in [5.74, 6) is 0.0738. The third kappa shape index (κ3) is 5.66. The van der Waals surface area contributed by atoms with Crippen molar-refractivity contribution in [3.8, 4) is 17.6 Å². The number of nitrogens with zero attached hydrogens (tertiary/aromatic N) is 1. The molecule has 0 saturated heterocycles. The number of nitriles is 1. The summed E-state index contributed by atoms with van der Waals surface area (Å²) in [5.41, 5.74) is 2.79. The first-order valence-electron chi connectivity index (χ1n) is 9.23. The molecule has 0 aromatic heterocycles. The molecule has 3 rings (SSSR count). The topological polar surface area (TPSA) is 82.3 Å². The molecule has 0 saturated carbocycles. The van der Waals surface area contributed by atoms with Crippen LogP contribution in [0.5, 0.6) is 11.5 Å². The Morgan fingerprint density at radius 2 is 1.94 bits per heavy atom. The van der Waals surface area contributed by atoms with E-state index in [1.54, 1.807) is 31.4 Å². The number of nitrogens with one attached hydrogen (secondary N) is 1. The Morgan fingerprint density at radius 3 is 2.58 bits per heavy atom. The second kappa shape index (κ2) is 10.2. The van der Waals surface area contributed by atoms with Crippen molar-refractivity contribution in [3.05, 3.63) is 92.4 Å². The van der Waals surface area contributed by atoms with Crippen molar-refractivity contribution >= 4 is 45.2 Å². The molecule has 31 heavy (non-hydrogen) atoms. The number of hydrogen-bond acceptors (Lipinski definition) is 4. The molecule has 3 aromatic carbocycles. The van der Waals surface area contributed by atoms with E-state index in [0.29, 0.717) is 28.4 Å². The number of methoxy groups -OCH3 is 1. The molecule has 0 atom stereocenters. The highest BCUT2D eigenvalue weighted by Gasteiger charge is 2.14. The van der Waals surface area contributed by atoms with Crippen LogP contribution in [0.15, 0.2) is 70.7 Å². The van der Waals surface area contributed by atoms with Crippen molar-refractivity contribution in [1.82, 2.24) is 0 Å². The molecule has 7 heteroatoms. The number of amides is 1. The minimum atomic E-state index is -0.569. The summed E-state index contributed by atoms with van der Waals surface area (Å²) in [7, 11) is 1.55. The number of phenols is 1. The van der Waals surface area contributed by atoms with Gasteiger partial charge < -0.3 is 15.2 Å². The zero-order valence-corrected chi connectivity index (χ0v) is 18.9. The molecule has 2 N–H and O–H groups in total. The van der Waals surface area contributed by atoms with Gasteiger partial charge in [-0.15, -0.1) is 0 Å². The number of aromatic hydroxyl groups is 1. The first kappa shape index (κ1) is 22.4. The van der Waals surface area contributed by atoms with E-state index >= 15 is 0 Å². The quantitative estimate of drug-likeness (QED) is 0.250. The van der Waals surface area contributed by atoms with Crippen LogP contribution in [0.4, 0.5) is 5.69 Å². The van der Waals surface area contributed by atoms with Crippen molar-refractivity contribution in [2.45, 2.75) is 6.42 Å². The predicted molar refractivity (Wildman–Crippen MR) is 125 cm³/mol. The zero-order valence-electron chi connectivity index (χ0n) is 16.5. The Balaban J connectivity index is 1.89. The second-order valence-electron chi connectivity index (χ2n) is 6.62. The molecule has 0 aliphatic rings. The summed E-state index contributed by atoms with van der Waals surface area (Å²) in [6.45, 7) is 0. The first-order chi connectivity index (χ1) is 14.9. The van der Waals surface area contributed by atoms with Crippen LogP contribution in [0.25, 0.3) is 6.08 Å². The van der Waals surface area contributed by atoms with Crippen LogP contribution in [0.2, 0.25) is 5.02 Å². The summed E-state index contributed by atoms with van der Waals surface area (Å²) in [6, 6.07) is 19.2. The molecule has 0 aliphatic heterocycles. The zero-order chi connectivity index (χ0) is 22.4. The molecule has 0 unspecified atom stereocenters. The van der Waals surface area contributed by atoms with E-state index in [0.717, 1.165) is 15.6 Å². The summed E-state index contributed by atoms with van der Waals surface area (Å²) < 4.78 is 6.49. The molecule has 1 amide bonds. The normalized spacial score (nSPS) is 11.0. The van der Waals surface area contributed by atoms with E-state index in [9.17, 15) is 15.2 Å². The number of halogens is 2. The lowest BCUT2D eigenvalue weighted by Crippen LogP contribution is -2.13. The molecule has 0 spiro atoms. The van der Waals surface area contributed by atoms with Gasteiger partial charge in [0.15, 0.2) is 0 Å². The third-order valence-corrected chi connectivity index (χ3v) is 5.63. The van der Waals surface area contributed by atoms with Gasteiger partial charge in [0.1, 0.15) is 23.1 Å². The number of hydrogen-bond donors (Lipinski definition) is 2. The average molecular weight is 498 g/mol. The maximum atomic E-state index is 12.5. The Labute approximate surface area is 193 Å². The minimum absolute atomic E-state index is 0.0819. The fourth-order valence-electron chi connectivity index (χ4n) is 2.96. The lowest BCUT2D eigenvalue weighted by molar-refractivity contribution is -0.112. The first-order valence-corrected chi connectivity index (χ1v) is 10.4. The molecule has 0 heterocycles. The van der Waals surface area contributed by atoms with E-state index in [4.69, 9.17) is 16.3 Å². The van der Waals surface area contributed by atoms with E-state index in [2.05, 4.69) is 21.2 Å². The minimum Gasteiger partial charge on any atom is -0.508 e. The van der Waals surface area contributed by atoms with Crippen LogP contribution in [0.1, 0.15) is 16.7 Å². The van der Waals surface area contributed by atoms with Crippen LogP contribution >= 0.6 is 27.5 Å². The van der Waals surface area contributed by atoms with Crippen LogP contribution in [-0.4, -0.2) is 18.1 Å². The molecule has 3 aromatic rings. The average Bonchev–Trinajstić information content (AvgIpc) is 2.76. The summed E-state index contributed by atoms with van der Waals surface area (Å²) in [6.07, 6.45) is 2.01. The van der Waals surface area contributed by atoms with Gasteiger partial charge in [-0.25, -0.2) is 0 Å². The smallest absolute Gasteiger partial charge is 0.266 e. The number of anilines is 1. The highest BCUT2D eigenvalue weighted by molar-refractivity contribution is 9.10. The Kier molecular flexibility index (Phi) is 7.35. The number of carbonyl (C=O) groups is 1. The van der Waals surface area contributed by atoms with Crippen molar-refractivity contribution in [2.24, 2.45) is 0 Å². The number of phenolic OH excluding ortho intramolecular Hbond substituents is 1. The molecule has 0 fully saturated rings. The standard InChI is InChI=1S/C24H18BrClN2O3/c1-31-23-12-15(11-22(26)20(23)13-16-4-2-3-5-21(16)25)10-17(14-27)24(30)28-18-6-8-19(29)9-7-18/h2-12,29H,13H2,1H3,(H,28,30)/b17-10+. The van der Waals surface area contributed by atoms with Crippen molar-refractivity contribution in [2.75, 3.05) is 12.4 Å². The largest absolute Gasteiger partial charge is 0.508 e. The molecular formula is C24H18BrClN2O3. The molecule has 0 bridgehead atoms. The Bertz CT molecular complexity index is 1180. The SMILES string of the molecule is COc1cc(/C=C(\C#N)C(=O)Nc2ccc(O)cc2)cc(Cl)c1Cc1ccccc1Br. The van der Waals surface area contributed by atoms with Gasteiger partial charge in [-0.05, 0) is 59.7 Å². The van der Waals surface area contributed by atoms with E-state index < -0.39 is 5.91 Å². The monoisotopic (exact) mass is 496 g/mol. The summed E-state index contributed by atoms with van der Waals surface area (Å²) in [4.78, 5) is 12.5. The van der Waals surface area contributed by atoms with E-state index in [-0.39, 0.29) is 11.3 Å². The van der Waals surface area contributed by atoms with E-state index in [1.807, 2.05) is 30.3 Å². The van der Waals surface area contributed by atoms with Gasteiger partial charge in [0.25, 0.3) is 5.91 Å². The third-order valence-electron chi connectivity index (χ3n) is 4.52. The number of rotatable bonds is 6. The van der Waals surface area contributed by atoms with Gasteiger partial charge in [0, 0.05) is 27.2 Å².